The van der Waals surface area contributed by atoms with Crippen LogP contribution in [0.15, 0.2) is 42.5 Å². The molecule has 0 bridgehead atoms. The molecule has 2 aromatic rings. The minimum absolute atomic E-state index is 0.474. The maximum absolute atomic E-state index is 10.5. The minimum atomic E-state index is -1.80. The zero-order chi connectivity index (χ0) is 22.1. The molecule has 2 aromatic carbocycles. The maximum Gasteiger partial charge on any atom is 0.143 e. The van der Waals surface area contributed by atoms with E-state index in [0.717, 1.165) is 16.7 Å². The van der Waals surface area contributed by atoms with Gasteiger partial charge in [0, 0.05) is 10.7 Å². The summed E-state index contributed by atoms with van der Waals surface area (Å²) in [5.74, 6) is 0. The van der Waals surface area contributed by atoms with E-state index in [-0.39, 0.29) is 0 Å². The molecule has 0 spiro atoms. The van der Waals surface area contributed by atoms with Crippen molar-refractivity contribution in [1.82, 2.24) is 0 Å². The van der Waals surface area contributed by atoms with Gasteiger partial charge in [-0.2, -0.15) is 0 Å². The molecule has 1 aliphatic heterocycles. The van der Waals surface area contributed by atoms with Crippen molar-refractivity contribution in [3.63, 3.8) is 0 Å². The standard InChI is InChI=1S/C22H26ClNO6/c1-12(24)14-4-2-13(3-5-14)8-16-9-15(6-7-17(16)23)20-18(27)19(28)21(29)22(10-25,11-26)30-20/h2-7,9,18-21,24-29H,8,10-11H2,1H3/t18-,19-,20+,21+/m1/s1. The predicted octanol–water partition coefficient (Wildman–Crippen LogP) is 1.20. The molecule has 162 valence electrons. The van der Waals surface area contributed by atoms with Gasteiger partial charge in [-0.05, 0) is 41.7 Å². The summed E-state index contributed by atoms with van der Waals surface area (Å²) in [4.78, 5) is 0. The molecule has 0 aliphatic carbocycles. The average molecular weight is 436 g/mol. The molecule has 0 saturated carbocycles. The van der Waals surface area contributed by atoms with E-state index in [1.807, 2.05) is 24.3 Å². The van der Waals surface area contributed by atoms with Crippen LogP contribution < -0.4 is 0 Å². The summed E-state index contributed by atoms with van der Waals surface area (Å²) < 4.78 is 5.71. The Morgan fingerprint density at radius 2 is 1.67 bits per heavy atom. The van der Waals surface area contributed by atoms with E-state index >= 15 is 0 Å². The highest BCUT2D eigenvalue weighted by atomic mass is 35.5. The number of hydrogen-bond acceptors (Lipinski definition) is 7. The highest BCUT2D eigenvalue weighted by molar-refractivity contribution is 6.31. The Balaban J connectivity index is 1.90. The number of halogens is 1. The van der Waals surface area contributed by atoms with Crippen molar-refractivity contribution >= 4 is 17.3 Å². The highest BCUT2D eigenvalue weighted by Gasteiger charge is 2.53. The molecule has 1 aliphatic rings. The van der Waals surface area contributed by atoms with E-state index in [1.54, 1.807) is 25.1 Å². The van der Waals surface area contributed by atoms with Crippen LogP contribution in [0.3, 0.4) is 0 Å². The van der Waals surface area contributed by atoms with Crippen LogP contribution in [0.25, 0.3) is 0 Å². The van der Waals surface area contributed by atoms with Crippen molar-refractivity contribution in [2.45, 2.75) is 43.4 Å². The number of benzene rings is 2. The first-order valence-electron chi connectivity index (χ1n) is 9.59. The minimum Gasteiger partial charge on any atom is -0.393 e. The third-order valence-corrected chi connectivity index (χ3v) is 5.97. The Labute approximate surface area is 179 Å². The van der Waals surface area contributed by atoms with Gasteiger partial charge in [0.2, 0.25) is 0 Å². The maximum atomic E-state index is 10.5. The van der Waals surface area contributed by atoms with Crippen molar-refractivity contribution in [2.75, 3.05) is 13.2 Å². The van der Waals surface area contributed by atoms with Gasteiger partial charge in [-0.1, -0.05) is 48.0 Å². The lowest BCUT2D eigenvalue weighted by Crippen LogP contribution is -2.65. The zero-order valence-corrected chi connectivity index (χ0v) is 17.3. The molecule has 4 atom stereocenters. The van der Waals surface area contributed by atoms with Gasteiger partial charge < -0.3 is 35.7 Å². The number of aliphatic hydroxyl groups is 5. The highest BCUT2D eigenvalue weighted by Crippen LogP contribution is 2.39. The second-order valence-electron chi connectivity index (χ2n) is 7.70. The average Bonchev–Trinajstić information content (AvgIpc) is 2.75. The quantitative estimate of drug-likeness (QED) is 0.377. The Bertz CT molecular complexity index is 899. The molecular weight excluding hydrogens is 410 g/mol. The summed E-state index contributed by atoms with van der Waals surface area (Å²) >= 11 is 6.36. The number of hydrogen-bond donors (Lipinski definition) is 6. The number of ether oxygens (including phenoxy) is 1. The normalized spacial score (nSPS) is 25.8. The largest absolute Gasteiger partial charge is 0.393 e. The van der Waals surface area contributed by atoms with Crippen LogP contribution in [0.1, 0.15) is 35.3 Å². The fourth-order valence-corrected chi connectivity index (χ4v) is 3.83. The van der Waals surface area contributed by atoms with Gasteiger partial charge in [-0.3, -0.25) is 0 Å². The summed E-state index contributed by atoms with van der Waals surface area (Å²) in [5, 5.41) is 58.4. The molecule has 8 heteroatoms. The van der Waals surface area contributed by atoms with Crippen LogP contribution in [0.5, 0.6) is 0 Å². The Morgan fingerprint density at radius 3 is 2.23 bits per heavy atom. The lowest BCUT2D eigenvalue weighted by atomic mass is 9.83. The molecule has 3 rings (SSSR count). The first kappa shape index (κ1) is 22.8. The van der Waals surface area contributed by atoms with Crippen LogP contribution in [0, 0.1) is 5.41 Å². The topological polar surface area (TPSA) is 134 Å². The van der Waals surface area contributed by atoms with Crippen LogP contribution in [0.2, 0.25) is 5.02 Å². The Kier molecular flexibility index (Phi) is 6.94. The van der Waals surface area contributed by atoms with Gasteiger partial charge in [0.25, 0.3) is 0 Å². The van der Waals surface area contributed by atoms with Gasteiger partial charge in [0.15, 0.2) is 0 Å². The molecular formula is C22H26ClNO6. The van der Waals surface area contributed by atoms with E-state index in [1.165, 1.54) is 0 Å². The predicted molar refractivity (Wildman–Crippen MR) is 112 cm³/mol. The Morgan fingerprint density at radius 1 is 1.03 bits per heavy atom. The van der Waals surface area contributed by atoms with Gasteiger partial charge in [0.05, 0.1) is 13.2 Å². The van der Waals surface area contributed by atoms with E-state index in [2.05, 4.69) is 0 Å². The third kappa shape index (κ3) is 4.29. The van der Waals surface area contributed by atoms with Crippen LogP contribution in [0.4, 0.5) is 0 Å². The van der Waals surface area contributed by atoms with Gasteiger partial charge in [0.1, 0.15) is 30.0 Å². The summed E-state index contributed by atoms with van der Waals surface area (Å²) in [7, 11) is 0. The second-order valence-corrected chi connectivity index (χ2v) is 8.10. The van der Waals surface area contributed by atoms with Gasteiger partial charge >= 0.3 is 0 Å². The fraction of sp³-hybridized carbons (Fsp3) is 0.409. The summed E-state index contributed by atoms with van der Waals surface area (Å²) in [6.07, 6.45) is -5.32. The van der Waals surface area contributed by atoms with Crippen LogP contribution in [-0.4, -0.2) is 68.4 Å². The lowest BCUT2D eigenvalue weighted by Gasteiger charge is -2.47. The molecule has 0 unspecified atom stereocenters. The molecule has 6 N–H and O–H groups in total. The first-order valence-corrected chi connectivity index (χ1v) is 9.96. The first-order chi connectivity index (χ1) is 14.2. The fourth-order valence-electron chi connectivity index (χ4n) is 3.65. The second kappa shape index (κ2) is 9.11. The molecule has 0 radical (unpaired) electrons. The van der Waals surface area contributed by atoms with E-state index in [9.17, 15) is 25.5 Å². The molecule has 0 aromatic heterocycles. The van der Waals surface area contributed by atoms with E-state index in [0.29, 0.717) is 22.7 Å². The lowest BCUT2D eigenvalue weighted by molar-refractivity contribution is -0.289. The monoisotopic (exact) mass is 435 g/mol. The van der Waals surface area contributed by atoms with Crippen molar-refractivity contribution in [3.8, 4) is 0 Å². The van der Waals surface area contributed by atoms with Crippen molar-refractivity contribution in [1.29, 1.82) is 5.41 Å². The van der Waals surface area contributed by atoms with Crippen molar-refractivity contribution in [2.24, 2.45) is 0 Å². The zero-order valence-electron chi connectivity index (χ0n) is 16.5. The Hall–Kier alpha value is -1.84. The summed E-state index contributed by atoms with van der Waals surface area (Å²) in [5.41, 5.74) is 1.72. The summed E-state index contributed by atoms with van der Waals surface area (Å²) in [6, 6.07) is 12.5. The SMILES string of the molecule is CC(=N)c1ccc(Cc2cc([C@@H]3OC(CO)(CO)[C@@H](O)[C@H](O)[C@H]3O)ccc2Cl)cc1. The number of rotatable bonds is 6. The van der Waals surface area contributed by atoms with Crippen molar-refractivity contribution in [3.05, 3.63) is 69.7 Å². The van der Waals surface area contributed by atoms with Gasteiger partial charge in [-0.25, -0.2) is 0 Å². The van der Waals surface area contributed by atoms with Crippen LogP contribution >= 0.6 is 11.6 Å². The number of aliphatic hydroxyl groups excluding tert-OH is 5. The smallest absolute Gasteiger partial charge is 0.143 e. The summed E-state index contributed by atoms with van der Waals surface area (Å²) in [6.45, 7) is 0.253. The molecule has 30 heavy (non-hydrogen) atoms. The third-order valence-electron chi connectivity index (χ3n) is 5.60. The number of nitrogens with one attached hydrogen (secondary N) is 1. The molecule has 0 amide bonds. The molecule has 1 heterocycles. The van der Waals surface area contributed by atoms with Crippen LogP contribution in [-0.2, 0) is 11.2 Å². The molecule has 7 nitrogen and oxygen atoms in total. The van der Waals surface area contributed by atoms with E-state index in [4.69, 9.17) is 21.7 Å². The van der Waals surface area contributed by atoms with Gasteiger partial charge in [-0.15, -0.1) is 0 Å². The van der Waals surface area contributed by atoms with Crippen molar-refractivity contribution < 1.29 is 30.3 Å². The molecule has 1 fully saturated rings. The molecule has 1 saturated heterocycles. The van der Waals surface area contributed by atoms with E-state index < -0.39 is 43.2 Å².